The first-order valence-electron chi connectivity index (χ1n) is 6.99. The van der Waals surface area contributed by atoms with Crippen molar-refractivity contribution in [3.8, 4) is 0 Å². The van der Waals surface area contributed by atoms with Crippen LogP contribution >= 0.6 is 0 Å². The minimum atomic E-state index is -0.251. The van der Waals surface area contributed by atoms with Crippen LogP contribution in [0.4, 0.5) is 10.5 Å². The Morgan fingerprint density at radius 2 is 2.00 bits per heavy atom. The number of aliphatic hydroxyl groups is 2. The summed E-state index contributed by atoms with van der Waals surface area (Å²) in [6.45, 7) is 4.75. The summed E-state index contributed by atoms with van der Waals surface area (Å²) in [6, 6.07) is 5.57. The number of aryl methyl sites for hydroxylation is 2. The quantitative estimate of drug-likeness (QED) is 0.712. The number of hydrogen-bond donors (Lipinski definition) is 3. The summed E-state index contributed by atoms with van der Waals surface area (Å²) in [5.74, 6) is 0. The Bertz CT molecular complexity index is 435. The van der Waals surface area contributed by atoms with Crippen molar-refractivity contribution < 1.29 is 15.0 Å². The van der Waals surface area contributed by atoms with Crippen LogP contribution in [0.15, 0.2) is 18.2 Å². The molecule has 0 unspecified atom stereocenters. The van der Waals surface area contributed by atoms with E-state index in [9.17, 15) is 4.79 Å². The fourth-order valence-electron chi connectivity index (χ4n) is 2.03. The second-order valence-electron chi connectivity index (χ2n) is 4.71. The summed E-state index contributed by atoms with van der Waals surface area (Å²) < 4.78 is 0. The number of nitrogens with one attached hydrogen (secondary N) is 1. The molecule has 0 saturated carbocycles. The average molecular weight is 280 g/mol. The molecule has 0 aromatic heterocycles. The first kappa shape index (κ1) is 16.5. The van der Waals surface area contributed by atoms with Crippen molar-refractivity contribution in [2.75, 3.05) is 31.6 Å². The number of rotatable bonds is 7. The smallest absolute Gasteiger partial charge is 0.321 e. The van der Waals surface area contributed by atoms with Crippen molar-refractivity contribution in [1.82, 2.24) is 4.90 Å². The van der Waals surface area contributed by atoms with E-state index in [4.69, 9.17) is 10.2 Å². The van der Waals surface area contributed by atoms with Gasteiger partial charge < -0.3 is 20.4 Å². The van der Waals surface area contributed by atoms with Gasteiger partial charge in [0.2, 0.25) is 0 Å². The minimum absolute atomic E-state index is 0.0275. The van der Waals surface area contributed by atoms with E-state index < -0.39 is 0 Å². The first-order valence-corrected chi connectivity index (χ1v) is 6.99. The van der Waals surface area contributed by atoms with Crippen molar-refractivity contribution in [1.29, 1.82) is 0 Å². The van der Waals surface area contributed by atoms with Gasteiger partial charge in [-0.2, -0.15) is 0 Å². The van der Waals surface area contributed by atoms with E-state index in [1.807, 2.05) is 25.1 Å². The van der Waals surface area contributed by atoms with Crippen molar-refractivity contribution >= 4 is 11.7 Å². The molecule has 0 aliphatic carbocycles. The number of benzene rings is 1. The maximum absolute atomic E-state index is 12.1. The van der Waals surface area contributed by atoms with E-state index in [-0.39, 0.29) is 25.8 Å². The Kier molecular flexibility index (Phi) is 7.04. The summed E-state index contributed by atoms with van der Waals surface area (Å²) in [7, 11) is 0. The third-order valence-corrected chi connectivity index (χ3v) is 3.22. The molecule has 5 heteroatoms. The monoisotopic (exact) mass is 280 g/mol. The molecule has 2 amide bonds. The van der Waals surface area contributed by atoms with Crippen LogP contribution in [0.25, 0.3) is 0 Å². The molecule has 0 fully saturated rings. The molecular weight excluding hydrogens is 256 g/mol. The molecule has 5 nitrogen and oxygen atoms in total. The standard InChI is InChI=1S/C15H24N2O3/c1-3-13-11-14(6-5-12(13)2)16-15(20)17(8-10-19)7-4-9-18/h5-6,11,18-19H,3-4,7-10H2,1-2H3,(H,16,20). The third kappa shape index (κ3) is 4.83. The Morgan fingerprint density at radius 3 is 2.60 bits per heavy atom. The maximum Gasteiger partial charge on any atom is 0.321 e. The molecule has 0 saturated heterocycles. The van der Waals surface area contributed by atoms with E-state index in [0.717, 1.165) is 12.1 Å². The van der Waals surface area contributed by atoms with E-state index in [0.29, 0.717) is 13.0 Å². The molecule has 0 heterocycles. The predicted octanol–water partition coefficient (Wildman–Crippen LogP) is 1.77. The molecular formula is C15H24N2O3. The van der Waals surface area contributed by atoms with Gasteiger partial charge >= 0.3 is 6.03 Å². The summed E-state index contributed by atoms with van der Waals surface area (Å²) >= 11 is 0. The number of urea groups is 1. The van der Waals surface area contributed by atoms with Crippen molar-refractivity contribution in [3.63, 3.8) is 0 Å². The third-order valence-electron chi connectivity index (χ3n) is 3.22. The maximum atomic E-state index is 12.1. The molecule has 0 aliphatic heterocycles. The zero-order valence-corrected chi connectivity index (χ0v) is 12.2. The van der Waals surface area contributed by atoms with Gasteiger partial charge in [0, 0.05) is 25.4 Å². The Morgan fingerprint density at radius 1 is 1.25 bits per heavy atom. The topological polar surface area (TPSA) is 72.8 Å². The van der Waals surface area contributed by atoms with Crippen molar-refractivity contribution in [3.05, 3.63) is 29.3 Å². The van der Waals surface area contributed by atoms with Crippen LogP contribution in [0.2, 0.25) is 0 Å². The van der Waals surface area contributed by atoms with Gasteiger partial charge in [-0.05, 0) is 43.0 Å². The lowest BCUT2D eigenvalue weighted by atomic mass is 10.1. The van der Waals surface area contributed by atoms with Gasteiger partial charge in [-0.1, -0.05) is 13.0 Å². The van der Waals surface area contributed by atoms with Gasteiger partial charge in [0.15, 0.2) is 0 Å². The number of anilines is 1. The summed E-state index contributed by atoms with van der Waals surface area (Å²) in [6.07, 6.45) is 1.42. The van der Waals surface area contributed by atoms with Crippen molar-refractivity contribution in [2.24, 2.45) is 0 Å². The highest BCUT2D eigenvalue weighted by Crippen LogP contribution is 2.16. The molecule has 0 aliphatic rings. The lowest BCUT2D eigenvalue weighted by molar-refractivity contribution is 0.180. The average Bonchev–Trinajstić information content (AvgIpc) is 2.45. The van der Waals surface area contributed by atoms with Crippen molar-refractivity contribution in [2.45, 2.75) is 26.7 Å². The minimum Gasteiger partial charge on any atom is -0.396 e. The fourth-order valence-corrected chi connectivity index (χ4v) is 2.03. The Labute approximate surface area is 120 Å². The number of hydrogen-bond acceptors (Lipinski definition) is 3. The molecule has 0 atom stereocenters. The first-order chi connectivity index (χ1) is 9.62. The number of aliphatic hydroxyl groups excluding tert-OH is 2. The van der Waals surface area contributed by atoms with E-state index in [2.05, 4.69) is 12.2 Å². The SMILES string of the molecule is CCc1cc(NC(=O)N(CCO)CCCO)ccc1C. The number of carbonyl (C=O) groups is 1. The van der Waals surface area contributed by atoms with Gasteiger partial charge in [-0.25, -0.2) is 4.79 Å². The highest BCUT2D eigenvalue weighted by Gasteiger charge is 2.12. The molecule has 1 rings (SSSR count). The van der Waals surface area contributed by atoms with Crippen LogP contribution in [0, 0.1) is 6.92 Å². The molecule has 0 radical (unpaired) electrons. The Balaban J connectivity index is 2.71. The second-order valence-corrected chi connectivity index (χ2v) is 4.71. The highest BCUT2D eigenvalue weighted by atomic mass is 16.3. The van der Waals surface area contributed by atoms with E-state index in [1.54, 1.807) is 0 Å². The molecule has 0 spiro atoms. The van der Waals surface area contributed by atoms with Crippen LogP contribution in [-0.4, -0.2) is 47.4 Å². The lowest BCUT2D eigenvalue weighted by Crippen LogP contribution is -2.38. The zero-order chi connectivity index (χ0) is 15.0. The molecule has 3 N–H and O–H groups in total. The van der Waals surface area contributed by atoms with Crippen LogP contribution in [0.5, 0.6) is 0 Å². The molecule has 0 bridgehead atoms. The van der Waals surface area contributed by atoms with E-state index >= 15 is 0 Å². The number of nitrogens with zero attached hydrogens (tertiary/aromatic N) is 1. The molecule has 1 aromatic rings. The van der Waals surface area contributed by atoms with Gasteiger partial charge in [-0.3, -0.25) is 0 Å². The fraction of sp³-hybridized carbons (Fsp3) is 0.533. The summed E-state index contributed by atoms with van der Waals surface area (Å²) in [5.41, 5.74) is 3.16. The summed E-state index contributed by atoms with van der Waals surface area (Å²) in [5, 5.41) is 20.7. The summed E-state index contributed by atoms with van der Waals surface area (Å²) in [4.78, 5) is 13.6. The number of amides is 2. The van der Waals surface area contributed by atoms with E-state index in [1.165, 1.54) is 16.0 Å². The normalized spacial score (nSPS) is 10.4. The van der Waals surface area contributed by atoms with Crippen LogP contribution in [-0.2, 0) is 6.42 Å². The van der Waals surface area contributed by atoms with Gasteiger partial charge in [0.05, 0.1) is 6.61 Å². The largest absolute Gasteiger partial charge is 0.396 e. The van der Waals surface area contributed by atoms with Crippen LogP contribution in [0.1, 0.15) is 24.5 Å². The second kappa shape index (κ2) is 8.55. The Hall–Kier alpha value is -1.59. The van der Waals surface area contributed by atoms with Gasteiger partial charge in [0.1, 0.15) is 0 Å². The molecule has 112 valence electrons. The zero-order valence-electron chi connectivity index (χ0n) is 12.2. The highest BCUT2D eigenvalue weighted by molar-refractivity contribution is 5.89. The van der Waals surface area contributed by atoms with Gasteiger partial charge in [-0.15, -0.1) is 0 Å². The van der Waals surface area contributed by atoms with Crippen LogP contribution in [0.3, 0.4) is 0 Å². The predicted molar refractivity (Wildman–Crippen MR) is 79.9 cm³/mol. The number of carbonyl (C=O) groups excluding carboxylic acids is 1. The lowest BCUT2D eigenvalue weighted by Gasteiger charge is -2.22. The van der Waals surface area contributed by atoms with Gasteiger partial charge in [0.25, 0.3) is 0 Å². The van der Waals surface area contributed by atoms with Crippen LogP contribution < -0.4 is 5.32 Å². The molecule has 1 aromatic carbocycles. The molecule has 20 heavy (non-hydrogen) atoms.